The van der Waals surface area contributed by atoms with Gasteiger partial charge in [0.15, 0.2) is 0 Å². The predicted molar refractivity (Wildman–Crippen MR) is 83.5 cm³/mol. The van der Waals surface area contributed by atoms with Crippen LogP contribution in [0, 0.1) is 23.7 Å². The van der Waals surface area contributed by atoms with Gasteiger partial charge in [-0.15, -0.1) is 5.10 Å². The van der Waals surface area contributed by atoms with Gasteiger partial charge in [-0.05, 0) is 62.2 Å². The van der Waals surface area contributed by atoms with Crippen molar-refractivity contribution in [1.29, 1.82) is 0 Å². The Labute approximate surface area is 132 Å². The number of fused-ring (bicyclic) bond motifs is 2. The number of hydrogen-bond donors (Lipinski definition) is 0. The molecule has 0 amide bonds. The summed E-state index contributed by atoms with van der Waals surface area (Å²) in [5.74, 6) is 4.72. The second-order valence-electron chi connectivity index (χ2n) is 7.87. The van der Waals surface area contributed by atoms with Crippen LogP contribution in [-0.4, -0.2) is 41.3 Å². The maximum absolute atomic E-state index is 5.91. The van der Waals surface area contributed by atoms with Gasteiger partial charge in [-0.1, -0.05) is 5.10 Å². The molecule has 1 aromatic rings. The van der Waals surface area contributed by atoms with E-state index in [-0.39, 0.29) is 0 Å². The first-order chi connectivity index (χ1) is 10.9. The van der Waals surface area contributed by atoms with E-state index in [1.165, 1.54) is 51.6 Å². The summed E-state index contributed by atoms with van der Waals surface area (Å²) >= 11 is 0. The van der Waals surface area contributed by atoms with Crippen molar-refractivity contribution < 1.29 is 4.42 Å². The van der Waals surface area contributed by atoms with Gasteiger partial charge < -0.3 is 9.32 Å². The lowest BCUT2D eigenvalue weighted by Crippen LogP contribution is -2.38. The summed E-state index contributed by atoms with van der Waals surface area (Å²) < 4.78 is 5.91. The monoisotopic (exact) mass is 302 g/mol. The molecular formula is C17H26N4O. The fourth-order valence-electron chi connectivity index (χ4n) is 5.61. The molecule has 5 aliphatic rings. The summed E-state index contributed by atoms with van der Waals surface area (Å²) in [6.07, 6.45) is 8.43. The van der Waals surface area contributed by atoms with E-state index in [9.17, 15) is 0 Å². The van der Waals surface area contributed by atoms with E-state index < -0.39 is 0 Å². The summed E-state index contributed by atoms with van der Waals surface area (Å²) in [7, 11) is 0. The van der Waals surface area contributed by atoms with Crippen LogP contribution in [0.4, 0.5) is 6.01 Å². The molecule has 3 saturated carbocycles. The van der Waals surface area contributed by atoms with Gasteiger partial charge in [-0.3, -0.25) is 4.90 Å². The van der Waals surface area contributed by atoms with Crippen LogP contribution in [0.1, 0.15) is 44.4 Å². The minimum absolute atomic E-state index is 0.740. The highest BCUT2D eigenvalue weighted by Gasteiger charge is 2.48. The summed E-state index contributed by atoms with van der Waals surface area (Å²) in [5, 5.41) is 8.55. The first-order valence-electron chi connectivity index (χ1n) is 9.16. The number of hydrogen-bond acceptors (Lipinski definition) is 5. The molecule has 6 rings (SSSR count). The molecule has 2 bridgehead atoms. The van der Waals surface area contributed by atoms with E-state index in [4.69, 9.17) is 4.42 Å². The van der Waals surface area contributed by atoms with Crippen molar-refractivity contribution in [2.45, 2.75) is 45.1 Å². The van der Waals surface area contributed by atoms with E-state index in [0.717, 1.165) is 55.2 Å². The predicted octanol–water partition coefficient (Wildman–Crippen LogP) is 2.54. The lowest BCUT2D eigenvalue weighted by Gasteiger charge is -2.45. The molecule has 0 aromatic carbocycles. The molecule has 2 aliphatic heterocycles. The second-order valence-corrected chi connectivity index (χ2v) is 7.87. The van der Waals surface area contributed by atoms with Crippen molar-refractivity contribution >= 4 is 6.01 Å². The van der Waals surface area contributed by atoms with Crippen LogP contribution >= 0.6 is 0 Å². The van der Waals surface area contributed by atoms with Gasteiger partial charge in [0.05, 0.1) is 6.54 Å². The Morgan fingerprint density at radius 1 is 0.909 bits per heavy atom. The number of rotatable bonds is 3. The Balaban J connectivity index is 1.25. The van der Waals surface area contributed by atoms with Gasteiger partial charge in [-0.2, -0.15) is 0 Å². The zero-order chi connectivity index (χ0) is 14.5. The highest BCUT2D eigenvalue weighted by Crippen LogP contribution is 2.51. The Kier molecular flexibility index (Phi) is 3.17. The third kappa shape index (κ3) is 2.16. The van der Waals surface area contributed by atoms with Crippen molar-refractivity contribution in [2.24, 2.45) is 23.7 Å². The minimum atomic E-state index is 0.740. The molecule has 0 radical (unpaired) electrons. The molecule has 120 valence electrons. The molecule has 3 heterocycles. The molecule has 1 aromatic heterocycles. The molecule has 0 N–H and O–H groups in total. The van der Waals surface area contributed by atoms with Crippen LogP contribution in [0.2, 0.25) is 0 Å². The summed E-state index contributed by atoms with van der Waals surface area (Å²) in [4.78, 5) is 4.80. The topological polar surface area (TPSA) is 45.4 Å². The molecule has 2 unspecified atom stereocenters. The Morgan fingerprint density at radius 3 is 2.18 bits per heavy atom. The van der Waals surface area contributed by atoms with Crippen LogP contribution in [0.3, 0.4) is 0 Å². The van der Waals surface area contributed by atoms with Crippen molar-refractivity contribution in [1.82, 2.24) is 15.1 Å². The molecule has 5 heteroatoms. The highest BCUT2D eigenvalue weighted by atomic mass is 16.4. The summed E-state index contributed by atoms with van der Waals surface area (Å²) in [6, 6.07) is 0.740. The Bertz CT molecular complexity index is 511. The van der Waals surface area contributed by atoms with E-state index in [1.807, 2.05) is 0 Å². The van der Waals surface area contributed by atoms with Crippen LogP contribution < -0.4 is 4.90 Å². The quantitative estimate of drug-likeness (QED) is 0.858. The van der Waals surface area contributed by atoms with E-state index in [1.54, 1.807) is 0 Å². The summed E-state index contributed by atoms with van der Waals surface area (Å²) in [6.45, 7) is 5.51. The van der Waals surface area contributed by atoms with Gasteiger partial charge in [0.25, 0.3) is 0 Å². The lowest BCUT2D eigenvalue weighted by atomic mass is 9.60. The first kappa shape index (κ1) is 13.3. The summed E-state index contributed by atoms with van der Waals surface area (Å²) in [5.41, 5.74) is 0. The highest BCUT2D eigenvalue weighted by molar-refractivity contribution is 5.25. The molecule has 5 nitrogen and oxygen atoms in total. The van der Waals surface area contributed by atoms with Crippen molar-refractivity contribution in [2.75, 3.05) is 31.1 Å². The van der Waals surface area contributed by atoms with Crippen molar-refractivity contribution in [3.8, 4) is 0 Å². The number of aromatic nitrogens is 2. The third-order valence-corrected chi connectivity index (χ3v) is 6.71. The SMILES string of the molecule is C1CCN(c2nnc(CN3CC4C5CCC(CC5)C4C3)o2)C1. The minimum Gasteiger partial charge on any atom is -0.407 e. The van der Waals surface area contributed by atoms with Crippen LogP contribution in [0.25, 0.3) is 0 Å². The molecule has 2 atom stereocenters. The van der Waals surface area contributed by atoms with E-state index in [2.05, 4.69) is 20.0 Å². The van der Waals surface area contributed by atoms with Gasteiger partial charge in [-0.25, -0.2) is 0 Å². The van der Waals surface area contributed by atoms with Crippen molar-refractivity contribution in [3.63, 3.8) is 0 Å². The zero-order valence-electron chi connectivity index (χ0n) is 13.3. The fourth-order valence-corrected chi connectivity index (χ4v) is 5.61. The number of likely N-dealkylation sites (tertiary alicyclic amines) is 1. The van der Waals surface area contributed by atoms with Crippen LogP contribution in [0.15, 0.2) is 4.42 Å². The molecular weight excluding hydrogens is 276 g/mol. The Hall–Kier alpha value is -1.10. The maximum Gasteiger partial charge on any atom is 0.318 e. The molecule has 3 aliphatic carbocycles. The van der Waals surface area contributed by atoms with E-state index in [0.29, 0.717) is 0 Å². The molecule has 2 saturated heterocycles. The molecule has 22 heavy (non-hydrogen) atoms. The molecule has 5 fully saturated rings. The van der Waals surface area contributed by atoms with Gasteiger partial charge in [0, 0.05) is 26.2 Å². The standard InChI is InChI=1S/C17H26N4O/c1-2-8-21(7-1)17-19-18-16(22-17)11-20-9-14-12-3-4-13(6-5-12)15(14)10-20/h12-15H,1-11H2. The average Bonchev–Trinajstić information content (AvgIpc) is 3.29. The number of anilines is 1. The van der Waals surface area contributed by atoms with E-state index >= 15 is 0 Å². The first-order valence-corrected chi connectivity index (χ1v) is 9.16. The Morgan fingerprint density at radius 2 is 1.55 bits per heavy atom. The second kappa shape index (κ2) is 5.22. The van der Waals surface area contributed by atoms with Crippen molar-refractivity contribution in [3.05, 3.63) is 5.89 Å². The largest absolute Gasteiger partial charge is 0.407 e. The third-order valence-electron chi connectivity index (χ3n) is 6.71. The van der Waals surface area contributed by atoms with Gasteiger partial charge >= 0.3 is 6.01 Å². The van der Waals surface area contributed by atoms with Gasteiger partial charge in [0.1, 0.15) is 0 Å². The number of nitrogens with zero attached hydrogens (tertiary/aromatic N) is 4. The van der Waals surface area contributed by atoms with Crippen LogP contribution in [-0.2, 0) is 6.54 Å². The fraction of sp³-hybridized carbons (Fsp3) is 0.882. The maximum atomic E-state index is 5.91. The van der Waals surface area contributed by atoms with Crippen LogP contribution in [0.5, 0.6) is 0 Å². The zero-order valence-corrected chi connectivity index (χ0v) is 13.3. The molecule has 0 spiro atoms. The normalized spacial score (nSPS) is 37.9. The average molecular weight is 302 g/mol. The smallest absolute Gasteiger partial charge is 0.318 e. The lowest BCUT2D eigenvalue weighted by molar-refractivity contribution is 0.0577. The van der Waals surface area contributed by atoms with Gasteiger partial charge in [0.2, 0.25) is 5.89 Å².